The van der Waals surface area contributed by atoms with Crippen LogP contribution in [0.5, 0.6) is 0 Å². The molecule has 3 heterocycles. The number of amides is 1. The Labute approximate surface area is 161 Å². The molecule has 1 atom stereocenters. The maximum absolute atomic E-state index is 13.6. The van der Waals surface area contributed by atoms with Gasteiger partial charge in [0.2, 0.25) is 0 Å². The maximum atomic E-state index is 13.6. The summed E-state index contributed by atoms with van der Waals surface area (Å²) in [5.74, 6) is -1.48. The number of rotatable bonds is 4. The standard InChI is InChI=1S/C21H20F2N4O/c1-14-12-25-20(27(14)13-15-6-8-24-9-7-15)19-3-2-10-26(19)21(28)16-4-5-17(22)18(23)11-16/h4-9,11-12,19H,2-3,10,13H2,1H3. The van der Waals surface area contributed by atoms with Crippen molar-refractivity contribution in [3.63, 3.8) is 0 Å². The van der Waals surface area contributed by atoms with Crippen LogP contribution in [0, 0.1) is 18.6 Å². The van der Waals surface area contributed by atoms with Crippen LogP contribution < -0.4 is 0 Å². The molecular formula is C21H20F2N4O. The monoisotopic (exact) mass is 382 g/mol. The van der Waals surface area contributed by atoms with E-state index < -0.39 is 11.6 Å². The van der Waals surface area contributed by atoms with E-state index in [4.69, 9.17) is 0 Å². The van der Waals surface area contributed by atoms with Gasteiger partial charge in [-0.2, -0.15) is 0 Å². The Morgan fingerprint density at radius 2 is 1.96 bits per heavy atom. The first-order valence-corrected chi connectivity index (χ1v) is 9.21. The number of benzene rings is 1. The van der Waals surface area contributed by atoms with E-state index in [2.05, 4.69) is 14.5 Å². The molecule has 0 saturated carbocycles. The Bertz CT molecular complexity index is 1000. The second-order valence-corrected chi connectivity index (χ2v) is 6.98. The molecule has 3 aromatic rings. The Morgan fingerprint density at radius 1 is 1.18 bits per heavy atom. The number of hydrogen-bond donors (Lipinski definition) is 0. The van der Waals surface area contributed by atoms with Crippen molar-refractivity contribution in [3.8, 4) is 0 Å². The highest BCUT2D eigenvalue weighted by Gasteiger charge is 2.34. The predicted octanol–water partition coefficient (Wildman–Crippen LogP) is 3.89. The summed E-state index contributed by atoms with van der Waals surface area (Å²) in [6.45, 7) is 3.17. The number of carbonyl (C=O) groups excluding carboxylic acids is 1. The summed E-state index contributed by atoms with van der Waals surface area (Å²) in [7, 11) is 0. The number of aromatic nitrogens is 3. The van der Waals surface area contributed by atoms with E-state index in [-0.39, 0.29) is 17.5 Å². The number of halogens is 2. The lowest BCUT2D eigenvalue weighted by molar-refractivity contribution is 0.0727. The van der Waals surface area contributed by atoms with E-state index in [1.807, 2.05) is 19.1 Å². The van der Waals surface area contributed by atoms with Gasteiger partial charge in [0.1, 0.15) is 5.82 Å². The largest absolute Gasteiger partial charge is 0.328 e. The molecule has 1 fully saturated rings. The van der Waals surface area contributed by atoms with Gasteiger partial charge < -0.3 is 9.47 Å². The fraction of sp³-hybridized carbons (Fsp3) is 0.286. The summed E-state index contributed by atoms with van der Waals surface area (Å²) in [6, 6.07) is 6.97. The molecule has 5 nitrogen and oxygen atoms in total. The third-order valence-electron chi connectivity index (χ3n) is 5.15. The molecule has 0 spiro atoms. The molecule has 144 valence electrons. The summed E-state index contributed by atoms with van der Waals surface area (Å²) in [5, 5.41) is 0. The number of nitrogens with zero attached hydrogens (tertiary/aromatic N) is 4. The smallest absolute Gasteiger partial charge is 0.254 e. The van der Waals surface area contributed by atoms with Crippen LogP contribution >= 0.6 is 0 Å². The van der Waals surface area contributed by atoms with Gasteiger partial charge in [-0.1, -0.05) is 0 Å². The molecule has 0 N–H and O–H groups in total. The maximum Gasteiger partial charge on any atom is 0.254 e. The lowest BCUT2D eigenvalue weighted by Gasteiger charge is -2.25. The highest BCUT2D eigenvalue weighted by molar-refractivity contribution is 5.94. The van der Waals surface area contributed by atoms with Gasteiger partial charge in [0.05, 0.1) is 6.04 Å². The third kappa shape index (κ3) is 3.40. The van der Waals surface area contributed by atoms with Gasteiger partial charge in [-0.3, -0.25) is 9.78 Å². The van der Waals surface area contributed by atoms with Crippen LogP contribution in [0.1, 0.15) is 46.3 Å². The van der Waals surface area contributed by atoms with Gasteiger partial charge in [-0.25, -0.2) is 13.8 Å². The van der Waals surface area contributed by atoms with Gasteiger partial charge in [-0.05, 0) is 55.7 Å². The van der Waals surface area contributed by atoms with Gasteiger partial charge in [0.25, 0.3) is 5.91 Å². The molecule has 4 rings (SSSR count). The molecular weight excluding hydrogens is 362 g/mol. The third-order valence-corrected chi connectivity index (χ3v) is 5.15. The van der Waals surface area contributed by atoms with Crippen LogP contribution in [0.4, 0.5) is 8.78 Å². The lowest BCUT2D eigenvalue weighted by atomic mass is 10.1. The summed E-state index contributed by atoms with van der Waals surface area (Å²) >= 11 is 0. The molecule has 7 heteroatoms. The summed E-state index contributed by atoms with van der Waals surface area (Å²) < 4.78 is 28.9. The topological polar surface area (TPSA) is 51.0 Å². The Balaban J connectivity index is 1.63. The van der Waals surface area contributed by atoms with E-state index in [1.165, 1.54) is 6.07 Å². The van der Waals surface area contributed by atoms with Crippen LogP contribution in [0.3, 0.4) is 0 Å². The van der Waals surface area contributed by atoms with Crippen LogP contribution in [-0.4, -0.2) is 31.9 Å². The Morgan fingerprint density at radius 3 is 2.71 bits per heavy atom. The molecule has 0 aliphatic carbocycles. The second kappa shape index (κ2) is 7.50. The highest BCUT2D eigenvalue weighted by Crippen LogP contribution is 2.33. The van der Waals surface area contributed by atoms with Crippen LogP contribution in [0.2, 0.25) is 0 Å². The van der Waals surface area contributed by atoms with Crippen molar-refractivity contribution in [2.24, 2.45) is 0 Å². The predicted molar refractivity (Wildman–Crippen MR) is 99.7 cm³/mol. The minimum atomic E-state index is -1.02. The zero-order valence-electron chi connectivity index (χ0n) is 15.5. The van der Waals surface area contributed by atoms with E-state index in [0.717, 1.165) is 42.1 Å². The van der Waals surface area contributed by atoms with E-state index in [1.54, 1.807) is 23.5 Å². The van der Waals surface area contributed by atoms with E-state index >= 15 is 0 Å². The lowest BCUT2D eigenvalue weighted by Crippen LogP contribution is -2.32. The van der Waals surface area contributed by atoms with Crippen molar-refractivity contribution in [1.82, 2.24) is 19.4 Å². The fourth-order valence-corrected chi connectivity index (χ4v) is 3.70. The molecule has 0 radical (unpaired) electrons. The van der Waals surface area contributed by atoms with Crippen molar-refractivity contribution in [3.05, 3.63) is 83.2 Å². The summed E-state index contributed by atoms with van der Waals surface area (Å²) in [4.78, 5) is 23.3. The first kappa shape index (κ1) is 18.3. The summed E-state index contributed by atoms with van der Waals surface area (Å²) in [6.07, 6.45) is 6.91. The average molecular weight is 382 g/mol. The number of hydrogen-bond acceptors (Lipinski definition) is 3. The van der Waals surface area contributed by atoms with Crippen molar-refractivity contribution in [2.75, 3.05) is 6.54 Å². The van der Waals surface area contributed by atoms with Crippen LogP contribution in [0.15, 0.2) is 48.9 Å². The zero-order valence-corrected chi connectivity index (χ0v) is 15.5. The summed E-state index contributed by atoms with van der Waals surface area (Å²) in [5.41, 5.74) is 2.24. The first-order valence-electron chi connectivity index (χ1n) is 9.21. The number of aryl methyl sites for hydroxylation is 1. The second-order valence-electron chi connectivity index (χ2n) is 6.98. The van der Waals surface area contributed by atoms with Gasteiger partial charge in [0.15, 0.2) is 11.6 Å². The van der Waals surface area contributed by atoms with E-state index in [0.29, 0.717) is 13.1 Å². The van der Waals surface area contributed by atoms with Crippen LogP contribution in [-0.2, 0) is 6.54 Å². The van der Waals surface area contributed by atoms with Crippen LogP contribution in [0.25, 0.3) is 0 Å². The SMILES string of the molecule is Cc1cnc(C2CCCN2C(=O)c2ccc(F)c(F)c2)n1Cc1ccncc1. The van der Waals surface area contributed by atoms with Crippen molar-refractivity contribution in [2.45, 2.75) is 32.4 Å². The molecule has 1 saturated heterocycles. The average Bonchev–Trinajstić information content (AvgIpc) is 3.31. The van der Waals surface area contributed by atoms with Crippen molar-refractivity contribution < 1.29 is 13.6 Å². The highest BCUT2D eigenvalue weighted by atomic mass is 19.2. The number of carbonyl (C=O) groups is 1. The molecule has 1 aliphatic heterocycles. The molecule has 1 aliphatic rings. The number of imidazole rings is 1. The quantitative estimate of drug-likeness (QED) is 0.688. The zero-order chi connectivity index (χ0) is 19.7. The fourth-order valence-electron chi connectivity index (χ4n) is 3.70. The van der Waals surface area contributed by atoms with Gasteiger partial charge in [0, 0.05) is 42.9 Å². The molecule has 1 amide bonds. The normalized spacial score (nSPS) is 16.5. The first-order chi connectivity index (χ1) is 13.5. The number of likely N-dealkylation sites (tertiary alicyclic amines) is 1. The van der Waals surface area contributed by atoms with Gasteiger partial charge in [-0.15, -0.1) is 0 Å². The molecule has 2 aromatic heterocycles. The molecule has 28 heavy (non-hydrogen) atoms. The Kier molecular flexibility index (Phi) is 4.90. The van der Waals surface area contributed by atoms with Crippen molar-refractivity contribution in [1.29, 1.82) is 0 Å². The minimum absolute atomic E-state index is 0.148. The number of pyridine rings is 1. The van der Waals surface area contributed by atoms with Crippen molar-refractivity contribution >= 4 is 5.91 Å². The molecule has 0 bridgehead atoms. The van der Waals surface area contributed by atoms with E-state index in [9.17, 15) is 13.6 Å². The molecule has 1 aromatic carbocycles. The van der Waals surface area contributed by atoms with Gasteiger partial charge >= 0.3 is 0 Å². The molecule has 1 unspecified atom stereocenters. The Hall–Kier alpha value is -3.09. The minimum Gasteiger partial charge on any atom is -0.328 e.